The number of hydrogen-bond acceptors (Lipinski definition) is 5. The maximum absolute atomic E-state index is 12.1. The summed E-state index contributed by atoms with van der Waals surface area (Å²) in [7, 11) is 0. The molecule has 20 heavy (non-hydrogen) atoms. The van der Waals surface area contributed by atoms with Crippen molar-refractivity contribution in [1.82, 2.24) is 9.97 Å². The summed E-state index contributed by atoms with van der Waals surface area (Å²) in [6, 6.07) is 7.19. The number of aromatic nitrogens is 2. The van der Waals surface area contributed by atoms with Crippen molar-refractivity contribution in [2.24, 2.45) is 0 Å². The van der Waals surface area contributed by atoms with Crippen LogP contribution in [-0.4, -0.2) is 15.9 Å². The lowest BCUT2D eigenvalue weighted by atomic mass is 10.1. The topological polar surface area (TPSA) is 80.9 Å². The van der Waals surface area contributed by atoms with Gasteiger partial charge in [-0.05, 0) is 31.2 Å². The van der Waals surface area contributed by atoms with Gasteiger partial charge in [0.25, 0.3) is 5.91 Å². The second kappa shape index (κ2) is 4.90. The Balaban J connectivity index is 1.99. The lowest BCUT2D eigenvalue weighted by Crippen LogP contribution is -2.12. The van der Waals surface area contributed by atoms with Crippen LogP contribution < -0.4 is 11.1 Å². The van der Waals surface area contributed by atoms with Crippen LogP contribution in [-0.2, 0) is 0 Å². The number of anilines is 2. The third kappa shape index (κ3) is 2.21. The Morgan fingerprint density at radius 3 is 2.95 bits per heavy atom. The molecule has 0 aliphatic carbocycles. The SMILES string of the molecule is Cc1nc(C(=O)Nc2ccc(N)c3ncccc23)cs1. The van der Waals surface area contributed by atoms with E-state index in [2.05, 4.69) is 15.3 Å². The number of pyridine rings is 1. The molecular formula is C14H12N4OS. The number of aryl methyl sites for hydroxylation is 1. The standard InChI is InChI=1S/C14H12N4OS/c1-8-17-12(7-20-8)14(19)18-11-5-4-10(15)13-9(11)3-2-6-16-13/h2-7H,15H2,1H3,(H,18,19). The Bertz CT molecular complexity index is 797. The maximum Gasteiger partial charge on any atom is 0.275 e. The van der Waals surface area contributed by atoms with E-state index in [1.54, 1.807) is 23.7 Å². The van der Waals surface area contributed by atoms with Gasteiger partial charge < -0.3 is 11.1 Å². The van der Waals surface area contributed by atoms with Gasteiger partial charge in [0, 0.05) is 17.0 Å². The van der Waals surface area contributed by atoms with Crippen molar-refractivity contribution in [3.63, 3.8) is 0 Å². The van der Waals surface area contributed by atoms with Crippen LogP contribution in [0, 0.1) is 6.92 Å². The lowest BCUT2D eigenvalue weighted by molar-refractivity contribution is 0.102. The molecular weight excluding hydrogens is 272 g/mol. The molecule has 2 aromatic heterocycles. The molecule has 0 saturated heterocycles. The smallest absolute Gasteiger partial charge is 0.275 e. The summed E-state index contributed by atoms with van der Waals surface area (Å²) in [4.78, 5) is 20.5. The Labute approximate surface area is 119 Å². The molecule has 100 valence electrons. The van der Waals surface area contributed by atoms with Crippen molar-refractivity contribution in [2.75, 3.05) is 11.1 Å². The summed E-state index contributed by atoms with van der Waals surface area (Å²) in [6.07, 6.45) is 1.67. The minimum absolute atomic E-state index is 0.232. The summed E-state index contributed by atoms with van der Waals surface area (Å²) in [6.45, 7) is 1.87. The van der Waals surface area contributed by atoms with Gasteiger partial charge in [0.2, 0.25) is 0 Å². The summed E-state index contributed by atoms with van der Waals surface area (Å²) in [5.74, 6) is -0.232. The number of nitrogens with one attached hydrogen (secondary N) is 1. The third-order valence-electron chi connectivity index (χ3n) is 2.90. The zero-order valence-corrected chi connectivity index (χ0v) is 11.6. The fourth-order valence-electron chi connectivity index (χ4n) is 1.96. The van der Waals surface area contributed by atoms with Crippen molar-refractivity contribution in [3.8, 4) is 0 Å². The van der Waals surface area contributed by atoms with Crippen LogP contribution in [0.5, 0.6) is 0 Å². The molecule has 0 fully saturated rings. The van der Waals surface area contributed by atoms with Crippen LogP contribution in [0.4, 0.5) is 11.4 Å². The van der Waals surface area contributed by atoms with Gasteiger partial charge in [-0.2, -0.15) is 0 Å². The van der Waals surface area contributed by atoms with Gasteiger partial charge >= 0.3 is 0 Å². The van der Waals surface area contributed by atoms with Gasteiger partial charge in [-0.1, -0.05) is 0 Å². The van der Waals surface area contributed by atoms with Gasteiger partial charge in [-0.15, -0.1) is 11.3 Å². The monoisotopic (exact) mass is 284 g/mol. The Morgan fingerprint density at radius 2 is 2.20 bits per heavy atom. The fourth-order valence-corrected chi connectivity index (χ4v) is 2.55. The number of carbonyl (C=O) groups excluding carboxylic acids is 1. The van der Waals surface area contributed by atoms with Crippen LogP contribution in [0.3, 0.4) is 0 Å². The van der Waals surface area contributed by atoms with Crippen LogP contribution in [0.1, 0.15) is 15.5 Å². The number of hydrogen-bond donors (Lipinski definition) is 2. The molecule has 5 nitrogen and oxygen atoms in total. The van der Waals surface area contributed by atoms with Gasteiger partial charge in [0.05, 0.1) is 21.9 Å². The quantitative estimate of drug-likeness (QED) is 0.709. The molecule has 3 aromatic rings. The van der Waals surface area contributed by atoms with Gasteiger partial charge in [-0.3, -0.25) is 9.78 Å². The van der Waals surface area contributed by atoms with Gasteiger partial charge in [0.1, 0.15) is 5.69 Å². The first-order valence-corrected chi connectivity index (χ1v) is 6.90. The number of benzene rings is 1. The molecule has 0 aliphatic heterocycles. The van der Waals surface area contributed by atoms with E-state index in [1.807, 2.05) is 19.1 Å². The molecule has 1 aromatic carbocycles. The summed E-state index contributed by atoms with van der Waals surface area (Å²) in [5.41, 5.74) is 8.25. The molecule has 0 atom stereocenters. The predicted molar refractivity (Wildman–Crippen MR) is 81.0 cm³/mol. The number of carbonyl (C=O) groups is 1. The average molecular weight is 284 g/mol. The second-order valence-corrected chi connectivity index (χ2v) is 5.37. The Hall–Kier alpha value is -2.47. The molecule has 0 bridgehead atoms. The largest absolute Gasteiger partial charge is 0.397 e. The van der Waals surface area contributed by atoms with E-state index in [0.29, 0.717) is 22.6 Å². The molecule has 0 aliphatic rings. The molecule has 1 amide bonds. The van der Waals surface area contributed by atoms with Crippen LogP contribution in [0.2, 0.25) is 0 Å². The normalized spacial score (nSPS) is 10.7. The third-order valence-corrected chi connectivity index (χ3v) is 3.67. The van der Waals surface area contributed by atoms with Gasteiger partial charge in [0.15, 0.2) is 0 Å². The first-order chi connectivity index (χ1) is 9.65. The molecule has 2 heterocycles. The van der Waals surface area contributed by atoms with Crippen molar-refractivity contribution < 1.29 is 4.79 Å². The molecule has 0 radical (unpaired) electrons. The number of rotatable bonds is 2. The lowest BCUT2D eigenvalue weighted by Gasteiger charge is -2.08. The highest BCUT2D eigenvalue weighted by molar-refractivity contribution is 7.09. The van der Waals surface area contributed by atoms with E-state index < -0.39 is 0 Å². The van der Waals surface area contributed by atoms with Crippen LogP contribution >= 0.6 is 11.3 Å². The van der Waals surface area contributed by atoms with E-state index in [0.717, 1.165) is 10.4 Å². The molecule has 6 heteroatoms. The number of amides is 1. The van der Waals surface area contributed by atoms with Crippen molar-refractivity contribution in [3.05, 3.63) is 46.5 Å². The summed E-state index contributed by atoms with van der Waals surface area (Å²) in [5, 5.41) is 6.26. The van der Waals surface area contributed by atoms with Crippen molar-refractivity contribution in [1.29, 1.82) is 0 Å². The van der Waals surface area contributed by atoms with E-state index in [9.17, 15) is 4.79 Å². The predicted octanol–water partition coefficient (Wildman–Crippen LogP) is 2.83. The van der Waals surface area contributed by atoms with E-state index in [4.69, 9.17) is 5.73 Å². The zero-order chi connectivity index (χ0) is 14.1. The van der Waals surface area contributed by atoms with E-state index >= 15 is 0 Å². The number of nitrogens with zero attached hydrogens (tertiary/aromatic N) is 2. The highest BCUT2D eigenvalue weighted by Gasteiger charge is 2.12. The highest BCUT2D eigenvalue weighted by Crippen LogP contribution is 2.26. The Kier molecular flexibility index (Phi) is 3.08. The molecule has 3 rings (SSSR count). The molecule has 0 saturated carbocycles. The first kappa shape index (κ1) is 12.6. The van der Waals surface area contributed by atoms with E-state index in [1.165, 1.54) is 11.3 Å². The molecule has 0 spiro atoms. The zero-order valence-electron chi connectivity index (χ0n) is 10.8. The fraction of sp³-hybridized carbons (Fsp3) is 0.0714. The van der Waals surface area contributed by atoms with Crippen LogP contribution in [0.15, 0.2) is 35.8 Å². The minimum Gasteiger partial charge on any atom is -0.397 e. The molecule has 0 unspecified atom stereocenters. The highest BCUT2D eigenvalue weighted by atomic mass is 32.1. The maximum atomic E-state index is 12.1. The number of thiazole rings is 1. The Morgan fingerprint density at radius 1 is 1.35 bits per heavy atom. The number of fused-ring (bicyclic) bond motifs is 1. The number of nitrogen functional groups attached to an aromatic ring is 1. The number of nitrogens with two attached hydrogens (primary N) is 1. The average Bonchev–Trinajstić information content (AvgIpc) is 2.89. The van der Waals surface area contributed by atoms with E-state index in [-0.39, 0.29) is 5.91 Å². The summed E-state index contributed by atoms with van der Waals surface area (Å²) < 4.78 is 0. The van der Waals surface area contributed by atoms with Crippen molar-refractivity contribution >= 4 is 39.5 Å². The first-order valence-electron chi connectivity index (χ1n) is 6.02. The van der Waals surface area contributed by atoms with Gasteiger partial charge in [-0.25, -0.2) is 4.98 Å². The second-order valence-electron chi connectivity index (χ2n) is 4.31. The summed E-state index contributed by atoms with van der Waals surface area (Å²) >= 11 is 1.45. The molecule has 3 N–H and O–H groups in total. The van der Waals surface area contributed by atoms with Crippen LogP contribution in [0.25, 0.3) is 10.9 Å². The minimum atomic E-state index is -0.232. The van der Waals surface area contributed by atoms with Crippen molar-refractivity contribution in [2.45, 2.75) is 6.92 Å².